The molecule has 0 radical (unpaired) electrons. The Labute approximate surface area is 196 Å². The number of thiophene rings is 1. The van der Waals surface area contributed by atoms with Crippen molar-refractivity contribution in [2.24, 2.45) is 10.7 Å². The second kappa shape index (κ2) is 8.09. The molecule has 2 aromatic heterocycles. The van der Waals surface area contributed by atoms with Crippen LogP contribution in [0.2, 0.25) is 5.02 Å². The second-order valence-electron chi connectivity index (χ2n) is 8.05. The largest absolute Gasteiger partial charge is 0.491 e. The van der Waals surface area contributed by atoms with E-state index in [2.05, 4.69) is 21.1 Å². The maximum absolute atomic E-state index is 12.9. The zero-order chi connectivity index (χ0) is 23.3. The molecule has 2 atom stereocenters. The molecule has 170 valence electrons. The summed E-state index contributed by atoms with van der Waals surface area (Å²) < 4.78 is 25.9. The van der Waals surface area contributed by atoms with Gasteiger partial charge in [-0.15, -0.1) is 21.5 Å². The number of nitrogens with two attached hydrogens (primary N) is 1. The van der Waals surface area contributed by atoms with E-state index in [1.54, 1.807) is 13.1 Å². The van der Waals surface area contributed by atoms with E-state index >= 15 is 0 Å². The molecule has 1 unspecified atom stereocenters. The predicted octanol–water partition coefficient (Wildman–Crippen LogP) is 4.01. The average molecular weight is 494 g/mol. The van der Waals surface area contributed by atoms with Gasteiger partial charge >= 0.3 is 0 Å². The summed E-state index contributed by atoms with van der Waals surface area (Å²) in [7, 11) is -0.996. The average Bonchev–Trinajstić information content (AvgIpc) is 3.33. The van der Waals surface area contributed by atoms with Gasteiger partial charge < -0.3 is 14.9 Å². The third kappa shape index (κ3) is 4.22. The third-order valence-electron chi connectivity index (χ3n) is 4.97. The number of hydrogen-bond donors (Lipinski definition) is 1. The molecule has 0 aliphatic carbocycles. The van der Waals surface area contributed by atoms with E-state index in [0.717, 1.165) is 16.2 Å². The molecule has 4 rings (SSSR count). The van der Waals surface area contributed by atoms with Crippen molar-refractivity contribution in [1.82, 2.24) is 14.5 Å². The first-order valence-corrected chi connectivity index (χ1v) is 12.9. The van der Waals surface area contributed by atoms with E-state index in [1.165, 1.54) is 15.6 Å². The fraction of sp³-hybridized carbons (Fsp3) is 0.333. The molecule has 1 aliphatic heterocycles. The molecule has 0 amide bonds. The van der Waals surface area contributed by atoms with Crippen LogP contribution in [0.25, 0.3) is 22.2 Å². The van der Waals surface area contributed by atoms with E-state index in [9.17, 15) is 4.21 Å². The maximum atomic E-state index is 12.9. The monoisotopic (exact) mass is 493 g/mol. The topological polar surface area (TPSA) is 107 Å². The first kappa shape index (κ1) is 22.6. The molecule has 3 heterocycles. The standard InChI is InChI=1S/C21H24ClN5O3S2/c1-12(2)29-14-8-6-13(7-9-14)18-25-26-19(30-18)16-10-15(22)17(31-16)21(3)11-32(5,28)27(4)20(23)24-21/h6-10,12H,5,11H2,1-4H3,(H2,23,24)/t21-,32?/m0/s1. The molecule has 1 aromatic carbocycles. The van der Waals surface area contributed by atoms with Crippen LogP contribution in [0.4, 0.5) is 0 Å². The Balaban J connectivity index is 1.64. The molecule has 11 heteroatoms. The molecule has 0 saturated carbocycles. The molecule has 0 bridgehead atoms. The van der Waals surface area contributed by atoms with Gasteiger partial charge in [0.25, 0.3) is 5.89 Å². The van der Waals surface area contributed by atoms with Crippen molar-refractivity contribution in [3.05, 3.63) is 40.2 Å². The fourth-order valence-corrected chi connectivity index (χ4v) is 6.72. The molecule has 0 spiro atoms. The summed E-state index contributed by atoms with van der Waals surface area (Å²) in [5, 5.41) is 8.81. The van der Waals surface area contributed by atoms with E-state index in [-0.39, 0.29) is 17.8 Å². The third-order valence-corrected chi connectivity index (χ3v) is 8.96. The van der Waals surface area contributed by atoms with E-state index < -0.39 is 15.2 Å². The normalized spacial score (nSPS) is 23.4. The highest BCUT2D eigenvalue weighted by Crippen LogP contribution is 2.44. The van der Waals surface area contributed by atoms with Gasteiger partial charge in [0.15, 0.2) is 0 Å². The van der Waals surface area contributed by atoms with E-state index in [0.29, 0.717) is 21.7 Å². The Morgan fingerprint density at radius 1 is 1.31 bits per heavy atom. The molecule has 1 aliphatic rings. The summed E-state index contributed by atoms with van der Waals surface area (Å²) in [4.78, 5) is 5.97. The van der Waals surface area contributed by atoms with Crippen molar-refractivity contribution in [3.8, 4) is 28.0 Å². The highest BCUT2D eigenvalue weighted by Gasteiger charge is 2.40. The van der Waals surface area contributed by atoms with Crippen molar-refractivity contribution in [2.75, 3.05) is 12.8 Å². The lowest BCUT2D eigenvalue weighted by Gasteiger charge is -2.36. The molecular weight excluding hydrogens is 470 g/mol. The molecule has 2 N–H and O–H groups in total. The van der Waals surface area contributed by atoms with Crippen LogP contribution in [0, 0.1) is 0 Å². The highest BCUT2D eigenvalue weighted by molar-refractivity contribution is 7.98. The van der Waals surface area contributed by atoms with Crippen molar-refractivity contribution >= 4 is 44.5 Å². The minimum atomic E-state index is -2.62. The summed E-state index contributed by atoms with van der Waals surface area (Å²) >= 11 is 7.90. The number of aliphatic imine (C=N–C) groups is 1. The van der Waals surface area contributed by atoms with Gasteiger partial charge in [-0.1, -0.05) is 11.6 Å². The summed E-state index contributed by atoms with van der Waals surface area (Å²) in [6.07, 6.45) is 0.0941. The number of ether oxygens (including phenoxy) is 1. The number of hydrogen-bond acceptors (Lipinski definition) is 8. The highest BCUT2D eigenvalue weighted by atomic mass is 35.5. The van der Waals surface area contributed by atoms with Gasteiger partial charge in [0.1, 0.15) is 11.3 Å². The van der Waals surface area contributed by atoms with Crippen LogP contribution in [0.15, 0.2) is 39.7 Å². The van der Waals surface area contributed by atoms with Crippen LogP contribution in [-0.4, -0.2) is 49.4 Å². The molecule has 0 saturated heterocycles. The van der Waals surface area contributed by atoms with E-state index in [4.69, 9.17) is 26.5 Å². The first-order valence-electron chi connectivity index (χ1n) is 9.83. The zero-order valence-electron chi connectivity index (χ0n) is 18.2. The molecule has 32 heavy (non-hydrogen) atoms. The lowest BCUT2D eigenvalue weighted by Crippen LogP contribution is -2.50. The fourth-order valence-electron chi connectivity index (χ4n) is 3.41. The molecule has 0 fully saturated rings. The Morgan fingerprint density at radius 3 is 2.59 bits per heavy atom. The SMILES string of the molecule is C=S1(=O)C[C@@](C)(c2sc(-c3nnc(-c4ccc(OC(C)C)cc4)o3)cc2Cl)N=C(N)N1C. The molecule has 8 nitrogen and oxygen atoms in total. The van der Waals surface area contributed by atoms with Crippen LogP contribution in [-0.2, 0) is 15.2 Å². The van der Waals surface area contributed by atoms with Gasteiger partial charge in [0, 0.05) is 12.6 Å². The lowest BCUT2D eigenvalue weighted by atomic mass is 10.0. The van der Waals surface area contributed by atoms with Gasteiger partial charge in [0.2, 0.25) is 11.9 Å². The number of halogens is 1. The quantitative estimate of drug-likeness (QED) is 0.538. The Morgan fingerprint density at radius 2 is 1.97 bits per heavy atom. The molecule has 3 aromatic rings. The minimum Gasteiger partial charge on any atom is -0.491 e. The number of nitrogens with zero attached hydrogens (tertiary/aromatic N) is 4. The summed E-state index contributed by atoms with van der Waals surface area (Å²) in [6, 6.07) is 9.20. The summed E-state index contributed by atoms with van der Waals surface area (Å²) in [6.45, 7) is 5.79. The maximum Gasteiger partial charge on any atom is 0.258 e. The van der Waals surface area contributed by atoms with Gasteiger partial charge in [-0.05, 0) is 57.0 Å². The molecular formula is C21H24ClN5O3S2. The van der Waals surface area contributed by atoms with Crippen molar-refractivity contribution in [2.45, 2.75) is 32.4 Å². The lowest BCUT2D eigenvalue weighted by molar-refractivity contribution is 0.242. The van der Waals surface area contributed by atoms with Crippen LogP contribution in [0.5, 0.6) is 5.75 Å². The first-order chi connectivity index (χ1) is 15.0. The smallest absolute Gasteiger partial charge is 0.258 e. The Kier molecular flexibility index (Phi) is 5.72. The van der Waals surface area contributed by atoms with Gasteiger partial charge in [-0.25, -0.2) is 9.20 Å². The summed E-state index contributed by atoms with van der Waals surface area (Å²) in [5.41, 5.74) is 5.91. The minimum absolute atomic E-state index is 0.0941. The Bertz CT molecular complexity index is 1280. The van der Waals surface area contributed by atoms with Gasteiger partial charge in [-0.2, -0.15) is 0 Å². The number of benzene rings is 1. The summed E-state index contributed by atoms with van der Waals surface area (Å²) in [5.74, 6) is 5.69. The zero-order valence-corrected chi connectivity index (χ0v) is 20.6. The van der Waals surface area contributed by atoms with Crippen LogP contribution in [0.3, 0.4) is 0 Å². The van der Waals surface area contributed by atoms with Gasteiger partial charge in [-0.3, -0.25) is 4.31 Å². The van der Waals surface area contributed by atoms with Crippen LogP contribution >= 0.6 is 22.9 Å². The number of rotatable bonds is 5. The Hall–Kier alpha value is -2.56. The van der Waals surface area contributed by atoms with E-state index in [1.807, 2.05) is 45.0 Å². The number of aromatic nitrogens is 2. The van der Waals surface area contributed by atoms with Crippen molar-refractivity contribution < 1.29 is 13.4 Å². The second-order valence-corrected chi connectivity index (χ2v) is 11.9. The van der Waals surface area contributed by atoms with Gasteiger partial charge in [0.05, 0.1) is 36.3 Å². The van der Waals surface area contributed by atoms with Crippen molar-refractivity contribution in [3.63, 3.8) is 0 Å². The van der Waals surface area contributed by atoms with Crippen molar-refractivity contribution in [1.29, 1.82) is 0 Å². The predicted molar refractivity (Wildman–Crippen MR) is 131 cm³/mol. The number of guanidine groups is 1. The van der Waals surface area contributed by atoms with Crippen LogP contribution < -0.4 is 10.5 Å². The van der Waals surface area contributed by atoms with Crippen LogP contribution in [0.1, 0.15) is 25.6 Å².